The number of carbonyl (C=O) groups is 1. The Bertz CT molecular complexity index is 579. The van der Waals surface area contributed by atoms with E-state index in [0.29, 0.717) is 38.6 Å². The molecular weight excluding hydrogens is 509 g/mol. The maximum Gasteiger partial charge on any atom is 0.407 e. The highest BCUT2D eigenvalue weighted by molar-refractivity contribution is 14.0. The molecule has 0 aliphatic carbocycles. The summed E-state index contributed by atoms with van der Waals surface area (Å²) in [7, 11) is -3.17. The SMILES string of the molecule is CCCCC(CNC(=O)OC(C)(C)C)NC(=NCCCNS(C)(=O)=O)NCC.I. The van der Waals surface area contributed by atoms with Crippen LogP contribution >= 0.6 is 24.0 Å². The van der Waals surface area contributed by atoms with E-state index in [4.69, 9.17) is 4.74 Å². The van der Waals surface area contributed by atoms with E-state index in [1.165, 1.54) is 0 Å². The maximum atomic E-state index is 11.9. The van der Waals surface area contributed by atoms with Crippen molar-refractivity contribution in [3.63, 3.8) is 0 Å². The molecule has 0 aromatic carbocycles. The molecule has 0 saturated heterocycles. The smallest absolute Gasteiger partial charge is 0.407 e. The monoisotopic (exact) mass is 549 g/mol. The zero-order valence-electron chi connectivity index (χ0n) is 18.6. The van der Waals surface area contributed by atoms with Crippen molar-refractivity contribution in [3.05, 3.63) is 0 Å². The van der Waals surface area contributed by atoms with Crippen LogP contribution in [0.4, 0.5) is 4.79 Å². The molecule has 29 heavy (non-hydrogen) atoms. The zero-order valence-corrected chi connectivity index (χ0v) is 21.8. The lowest BCUT2D eigenvalue weighted by molar-refractivity contribution is 0.0522. The minimum absolute atomic E-state index is 0. The Labute approximate surface area is 193 Å². The normalized spacial score (nSPS) is 13.2. The van der Waals surface area contributed by atoms with Crippen LogP contribution < -0.4 is 20.7 Å². The zero-order chi connectivity index (χ0) is 21.6. The molecule has 0 bridgehead atoms. The van der Waals surface area contributed by atoms with Crippen LogP contribution in [-0.4, -0.2) is 64.5 Å². The van der Waals surface area contributed by atoms with Crippen LogP contribution in [0.5, 0.6) is 0 Å². The summed E-state index contributed by atoms with van der Waals surface area (Å²) in [6.45, 7) is 11.5. The number of guanidine groups is 1. The Hall–Kier alpha value is -0.820. The Morgan fingerprint density at radius 3 is 2.31 bits per heavy atom. The van der Waals surface area contributed by atoms with E-state index < -0.39 is 21.7 Å². The van der Waals surface area contributed by atoms with E-state index in [2.05, 4.69) is 32.6 Å². The molecule has 1 unspecified atom stereocenters. The Kier molecular flexibility index (Phi) is 16.7. The van der Waals surface area contributed by atoms with Crippen LogP contribution in [0.15, 0.2) is 4.99 Å². The first kappa shape index (κ1) is 30.4. The number of ether oxygens (including phenoxy) is 1. The fourth-order valence-electron chi connectivity index (χ4n) is 2.24. The van der Waals surface area contributed by atoms with E-state index in [9.17, 15) is 13.2 Å². The van der Waals surface area contributed by atoms with Crippen molar-refractivity contribution in [1.29, 1.82) is 0 Å². The second kappa shape index (κ2) is 15.9. The van der Waals surface area contributed by atoms with E-state index in [1.807, 2.05) is 27.7 Å². The average Bonchev–Trinajstić information content (AvgIpc) is 2.54. The quantitative estimate of drug-likeness (QED) is 0.128. The number of hydrogen-bond donors (Lipinski definition) is 4. The van der Waals surface area contributed by atoms with E-state index in [-0.39, 0.29) is 30.0 Å². The topological polar surface area (TPSA) is 121 Å². The predicted octanol–water partition coefficient (Wildman–Crippen LogP) is 2.18. The minimum Gasteiger partial charge on any atom is -0.444 e. The van der Waals surface area contributed by atoms with Gasteiger partial charge in [-0.1, -0.05) is 19.8 Å². The minimum atomic E-state index is -3.17. The average molecular weight is 550 g/mol. The summed E-state index contributed by atoms with van der Waals surface area (Å²) in [6, 6.07) is 0.0133. The second-order valence-corrected chi connectivity index (χ2v) is 9.48. The van der Waals surface area contributed by atoms with Gasteiger partial charge in [0.1, 0.15) is 5.60 Å². The number of amides is 1. The molecule has 1 amide bonds. The molecule has 0 radical (unpaired) electrons. The lowest BCUT2D eigenvalue weighted by atomic mass is 10.1. The summed E-state index contributed by atoms with van der Waals surface area (Å²) in [5.41, 5.74) is -0.535. The van der Waals surface area contributed by atoms with E-state index >= 15 is 0 Å². The van der Waals surface area contributed by atoms with Gasteiger partial charge < -0.3 is 20.7 Å². The Balaban J connectivity index is 0. The first-order valence-electron chi connectivity index (χ1n) is 9.93. The lowest BCUT2D eigenvalue weighted by Gasteiger charge is -2.24. The summed E-state index contributed by atoms with van der Waals surface area (Å²) < 4.78 is 29.9. The molecule has 174 valence electrons. The summed E-state index contributed by atoms with van der Waals surface area (Å²) >= 11 is 0. The summed E-state index contributed by atoms with van der Waals surface area (Å²) in [4.78, 5) is 16.4. The first-order valence-corrected chi connectivity index (χ1v) is 11.8. The Morgan fingerprint density at radius 2 is 1.79 bits per heavy atom. The first-order chi connectivity index (χ1) is 13.0. The van der Waals surface area contributed by atoms with E-state index in [0.717, 1.165) is 25.5 Å². The van der Waals surface area contributed by atoms with Crippen LogP contribution in [0.1, 0.15) is 60.3 Å². The van der Waals surface area contributed by atoms with Crippen molar-refractivity contribution in [2.24, 2.45) is 4.99 Å². The number of sulfonamides is 1. The van der Waals surface area contributed by atoms with Gasteiger partial charge in [0.15, 0.2) is 5.96 Å². The number of halogens is 1. The van der Waals surface area contributed by atoms with Crippen LogP contribution in [-0.2, 0) is 14.8 Å². The predicted molar refractivity (Wildman–Crippen MR) is 130 cm³/mol. The van der Waals surface area contributed by atoms with Gasteiger partial charge in [-0.15, -0.1) is 24.0 Å². The molecule has 0 aliphatic rings. The molecule has 0 fully saturated rings. The highest BCUT2D eigenvalue weighted by Gasteiger charge is 2.18. The maximum absolute atomic E-state index is 11.9. The number of nitrogens with one attached hydrogen (secondary N) is 4. The van der Waals surface area contributed by atoms with Crippen LogP contribution in [0.25, 0.3) is 0 Å². The fourth-order valence-corrected chi connectivity index (χ4v) is 2.75. The molecule has 1 atom stereocenters. The summed E-state index contributed by atoms with van der Waals surface area (Å²) in [5.74, 6) is 0.647. The molecule has 0 saturated carbocycles. The third-order valence-electron chi connectivity index (χ3n) is 3.45. The van der Waals surface area contributed by atoms with Gasteiger partial charge in [0.05, 0.1) is 6.26 Å². The summed E-state index contributed by atoms with van der Waals surface area (Å²) in [5, 5.41) is 9.33. The van der Waals surface area contributed by atoms with Gasteiger partial charge in [0.25, 0.3) is 0 Å². The summed E-state index contributed by atoms with van der Waals surface area (Å²) in [6.07, 6.45) is 4.24. The number of unbranched alkanes of at least 4 members (excludes halogenated alkanes) is 1. The molecule has 0 rings (SSSR count). The third kappa shape index (κ3) is 20.2. The van der Waals surface area contributed by atoms with Crippen LogP contribution in [0.2, 0.25) is 0 Å². The molecule has 0 aliphatic heterocycles. The van der Waals surface area contributed by atoms with Crippen molar-refractivity contribution in [3.8, 4) is 0 Å². The number of carbonyl (C=O) groups excluding carboxylic acids is 1. The number of alkyl carbamates (subject to hydrolysis) is 1. The van der Waals surface area contributed by atoms with Gasteiger partial charge in [-0.05, 0) is 40.5 Å². The van der Waals surface area contributed by atoms with E-state index in [1.54, 1.807) is 0 Å². The molecule has 11 heteroatoms. The van der Waals surface area contributed by atoms with Crippen molar-refractivity contribution >= 4 is 46.1 Å². The van der Waals surface area contributed by atoms with Crippen molar-refractivity contribution in [2.45, 2.75) is 71.9 Å². The van der Waals surface area contributed by atoms with Crippen LogP contribution in [0.3, 0.4) is 0 Å². The lowest BCUT2D eigenvalue weighted by Crippen LogP contribution is -2.49. The third-order valence-corrected chi connectivity index (χ3v) is 4.18. The Morgan fingerprint density at radius 1 is 1.14 bits per heavy atom. The highest BCUT2D eigenvalue weighted by Crippen LogP contribution is 2.07. The van der Waals surface area contributed by atoms with Gasteiger partial charge in [-0.3, -0.25) is 4.99 Å². The molecule has 4 N–H and O–H groups in total. The van der Waals surface area contributed by atoms with Crippen LogP contribution in [0, 0.1) is 0 Å². The second-order valence-electron chi connectivity index (χ2n) is 7.65. The van der Waals surface area contributed by atoms with Crippen molar-refractivity contribution in [1.82, 2.24) is 20.7 Å². The van der Waals surface area contributed by atoms with Gasteiger partial charge >= 0.3 is 6.09 Å². The van der Waals surface area contributed by atoms with Gasteiger partial charge in [-0.25, -0.2) is 17.9 Å². The van der Waals surface area contributed by atoms with Gasteiger partial charge in [0, 0.05) is 32.2 Å². The number of hydrogen-bond acceptors (Lipinski definition) is 5. The number of aliphatic imine (C=N–C) groups is 1. The molecule has 0 heterocycles. The number of rotatable bonds is 12. The standard InChI is InChI=1S/C18H39N5O4S.HI/c1-7-9-11-15(14-21-17(24)27-18(3,4)5)23-16(19-8-2)20-12-10-13-22-28(6,25)26;/h15,22H,7-14H2,1-6H3,(H,21,24)(H2,19,20,23);1H. The molecular formula is C18H40IN5O4S. The largest absolute Gasteiger partial charge is 0.444 e. The number of nitrogens with zero attached hydrogens (tertiary/aromatic N) is 1. The molecule has 0 spiro atoms. The highest BCUT2D eigenvalue weighted by atomic mass is 127. The van der Waals surface area contributed by atoms with Crippen molar-refractivity contribution < 1.29 is 17.9 Å². The molecule has 9 nitrogen and oxygen atoms in total. The fraction of sp³-hybridized carbons (Fsp3) is 0.889. The molecule has 0 aromatic heterocycles. The molecule has 0 aromatic rings. The van der Waals surface area contributed by atoms with Gasteiger partial charge in [-0.2, -0.15) is 0 Å². The van der Waals surface area contributed by atoms with Crippen molar-refractivity contribution in [2.75, 3.05) is 32.4 Å². The van der Waals surface area contributed by atoms with Gasteiger partial charge in [0.2, 0.25) is 10.0 Å².